The fraction of sp³-hybridized carbons (Fsp3) is 0.267. The number of benzene rings is 3. The Morgan fingerprint density at radius 3 is 2.50 bits per heavy atom. The Morgan fingerprint density at radius 2 is 1.72 bits per heavy atom. The van der Waals surface area contributed by atoms with Crippen molar-refractivity contribution in [1.82, 2.24) is 4.90 Å². The number of unbranched alkanes of at least 4 members (excludes halogenated alkanes) is 1. The summed E-state index contributed by atoms with van der Waals surface area (Å²) >= 11 is 0. The van der Waals surface area contributed by atoms with Crippen molar-refractivity contribution in [2.75, 3.05) is 20.3 Å². The standard InChI is InChI=1S/C30H29NO5/c1-3-4-18-35-24-15-14-21(19-25(24)34-2)27-26-28(32)22-12-8-9-13-23(22)36-29(26)30(33)31(27)17-16-20-10-6-5-7-11-20/h5-15,19,27H,3-4,16-18H2,1-2H3. The molecule has 4 aromatic rings. The third-order valence-corrected chi connectivity index (χ3v) is 6.62. The summed E-state index contributed by atoms with van der Waals surface area (Å²) in [5.74, 6) is 1.04. The van der Waals surface area contributed by atoms with E-state index in [0.717, 1.165) is 24.0 Å². The quantitative estimate of drug-likeness (QED) is 0.283. The van der Waals surface area contributed by atoms with Gasteiger partial charge in [-0.3, -0.25) is 9.59 Å². The summed E-state index contributed by atoms with van der Waals surface area (Å²) in [5, 5.41) is 0.463. The number of methoxy groups -OCH3 is 1. The molecule has 2 heterocycles. The predicted octanol–water partition coefficient (Wildman–Crippen LogP) is 5.77. The third kappa shape index (κ3) is 4.35. The van der Waals surface area contributed by atoms with Crippen LogP contribution < -0.4 is 14.9 Å². The maximum atomic E-state index is 13.7. The van der Waals surface area contributed by atoms with Crippen molar-refractivity contribution in [3.63, 3.8) is 0 Å². The van der Waals surface area contributed by atoms with Crippen molar-refractivity contribution in [3.8, 4) is 11.5 Å². The first-order valence-corrected chi connectivity index (χ1v) is 12.3. The maximum Gasteiger partial charge on any atom is 0.290 e. The second kappa shape index (κ2) is 10.3. The zero-order valence-electron chi connectivity index (χ0n) is 20.5. The van der Waals surface area contributed by atoms with Gasteiger partial charge >= 0.3 is 0 Å². The van der Waals surface area contributed by atoms with Gasteiger partial charge < -0.3 is 18.8 Å². The first-order valence-electron chi connectivity index (χ1n) is 12.3. The number of hydrogen-bond acceptors (Lipinski definition) is 5. The van der Waals surface area contributed by atoms with Crippen LogP contribution in [0.3, 0.4) is 0 Å². The highest BCUT2D eigenvalue weighted by Gasteiger charge is 2.42. The molecule has 1 unspecified atom stereocenters. The lowest BCUT2D eigenvalue weighted by Gasteiger charge is -2.26. The third-order valence-electron chi connectivity index (χ3n) is 6.62. The van der Waals surface area contributed by atoms with Crippen LogP contribution in [0.1, 0.15) is 53.1 Å². The molecule has 6 nitrogen and oxygen atoms in total. The molecule has 1 amide bonds. The fourth-order valence-corrected chi connectivity index (χ4v) is 4.74. The van der Waals surface area contributed by atoms with Crippen molar-refractivity contribution < 1.29 is 18.7 Å². The van der Waals surface area contributed by atoms with Gasteiger partial charge in [0, 0.05) is 6.54 Å². The van der Waals surface area contributed by atoms with Crippen molar-refractivity contribution >= 4 is 16.9 Å². The minimum Gasteiger partial charge on any atom is -0.493 e. The Morgan fingerprint density at radius 1 is 0.944 bits per heavy atom. The van der Waals surface area contributed by atoms with Gasteiger partial charge in [0.2, 0.25) is 5.76 Å². The van der Waals surface area contributed by atoms with Crippen LogP contribution in [0.15, 0.2) is 82.0 Å². The Labute approximate surface area is 210 Å². The number of nitrogens with zero attached hydrogens (tertiary/aromatic N) is 1. The molecule has 0 fully saturated rings. The molecule has 0 bridgehead atoms. The average molecular weight is 484 g/mol. The van der Waals surface area contributed by atoms with E-state index in [0.29, 0.717) is 47.6 Å². The van der Waals surface area contributed by atoms with Crippen LogP contribution in [-0.2, 0) is 6.42 Å². The van der Waals surface area contributed by atoms with Crippen molar-refractivity contribution in [1.29, 1.82) is 0 Å². The summed E-state index contributed by atoms with van der Waals surface area (Å²) in [6.45, 7) is 3.14. The normalized spacial score (nSPS) is 14.8. The highest BCUT2D eigenvalue weighted by Crippen LogP contribution is 2.41. The van der Waals surface area contributed by atoms with Gasteiger partial charge in [0.25, 0.3) is 5.91 Å². The summed E-state index contributed by atoms with van der Waals surface area (Å²) < 4.78 is 17.6. The number of para-hydroxylation sites is 1. The minimum absolute atomic E-state index is 0.110. The first kappa shape index (κ1) is 23.7. The summed E-state index contributed by atoms with van der Waals surface area (Å²) in [6, 6.07) is 22.1. The molecule has 3 aromatic carbocycles. The van der Waals surface area contributed by atoms with E-state index in [9.17, 15) is 9.59 Å². The summed E-state index contributed by atoms with van der Waals surface area (Å²) in [7, 11) is 1.59. The van der Waals surface area contributed by atoms with Gasteiger partial charge in [-0.05, 0) is 48.2 Å². The zero-order valence-corrected chi connectivity index (χ0v) is 20.5. The van der Waals surface area contributed by atoms with Crippen molar-refractivity contribution in [2.24, 2.45) is 0 Å². The number of amides is 1. The predicted molar refractivity (Wildman–Crippen MR) is 139 cm³/mol. The molecule has 1 atom stereocenters. The van der Waals surface area contributed by atoms with Crippen LogP contribution in [0.5, 0.6) is 11.5 Å². The van der Waals surface area contributed by atoms with E-state index >= 15 is 0 Å². The lowest BCUT2D eigenvalue weighted by Crippen LogP contribution is -2.31. The Balaban J connectivity index is 1.60. The summed E-state index contributed by atoms with van der Waals surface area (Å²) in [4.78, 5) is 29.0. The number of rotatable bonds is 9. The van der Waals surface area contributed by atoms with Crippen molar-refractivity contribution in [2.45, 2.75) is 32.2 Å². The van der Waals surface area contributed by atoms with Crippen LogP contribution in [0.25, 0.3) is 11.0 Å². The van der Waals surface area contributed by atoms with E-state index in [1.807, 2.05) is 48.5 Å². The van der Waals surface area contributed by atoms with Crippen LogP contribution in [0.2, 0.25) is 0 Å². The largest absolute Gasteiger partial charge is 0.493 e. The van der Waals surface area contributed by atoms with Crippen LogP contribution in [0.4, 0.5) is 0 Å². The molecule has 5 rings (SSSR count). The summed E-state index contributed by atoms with van der Waals surface area (Å²) in [6.07, 6.45) is 2.62. The molecule has 6 heteroatoms. The molecule has 0 aliphatic carbocycles. The molecule has 0 spiro atoms. The Bertz CT molecular complexity index is 1440. The van der Waals surface area contributed by atoms with Crippen LogP contribution in [0, 0.1) is 0 Å². The second-order valence-electron chi connectivity index (χ2n) is 8.92. The molecular formula is C30H29NO5. The molecule has 0 radical (unpaired) electrons. The zero-order chi connectivity index (χ0) is 25.1. The highest BCUT2D eigenvalue weighted by molar-refractivity contribution is 5.99. The van der Waals surface area contributed by atoms with Crippen LogP contribution >= 0.6 is 0 Å². The van der Waals surface area contributed by atoms with Gasteiger partial charge in [-0.15, -0.1) is 0 Å². The van der Waals surface area contributed by atoms with Gasteiger partial charge in [0.15, 0.2) is 16.9 Å². The molecular weight excluding hydrogens is 454 g/mol. The monoisotopic (exact) mass is 483 g/mol. The van der Waals surface area contributed by atoms with Gasteiger partial charge in [0.1, 0.15) is 5.58 Å². The van der Waals surface area contributed by atoms with E-state index in [-0.39, 0.29) is 17.1 Å². The number of hydrogen-bond donors (Lipinski definition) is 0. The average Bonchev–Trinajstić information content (AvgIpc) is 3.20. The second-order valence-corrected chi connectivity index (χ2v) is 8.92. The Hall–Kier alpha value is -4.06. The lowest BCUT2D eigenvalue weighted by molar-refractivity contribution is 0.0730. The molecule has 1 aromatic heterocycles. The van der Waals surface area contributed by atoms with E-state index < -0.39 is 6.04 Å². The van der Waals surface area contributed by atoms with Gasteiger partial charge in [-0.25, -0.2) is 0 Å². The lowest BCUT2D eigenvalue weighted by atomic mass is 9.97. The SMILES string of the molecule is CCCCOc1ccc(C2c3c(oc4ccccc4c3=O)C(=O)N2CCc2ccccc2)cc1OC. The maximum absolute atomic E-state index is 13.7. The molecule has 0 saturated heterocycles. The van der Waals surface area contributed by atoms with Gasteiger partial charge in [-0.1, -0.05) is 61.9 Å². The number of ether oxygens (including phenoxy) is 2. The van der Waals surface area contributed by atoms with Gasteiger partial charge in [-0.2, -0.15) is 0 Å². The van der Waals surface area contributed by atoms with E-state index in [1.54, 1.807) is 36.3 Å². The van der Waals surface area contributed by atoms with E-state index in [2.05, 4.69) is 6.92 Å². The first-order chi connectivity index (χ1) is 17.6. The van der Waals surface area contributed by atoms with Gasteiger partial charge in [0.05, 0.1) is 30.7 Å². The molecule has 0 saturated carbocycles. The summed E-state index contributed by atoms with van der Waals surface area (Å²) in [5.41, 5.74) is 2.48. The molecule has 1 aliphatic rings. The Kier molecular flexibility index (Phi) is 6.76. The highest BCUT2D eigenvalue weighted by atomic mass is 16.5. The minimum atomic E-state index is -0.587. The molecule has 1 aliphatic heterocycles. The molecule has 0 N–H and O–H groups in total. The topological polar surface area (TPSA) is 69.0 Å². The molecule has 184 valence electrons. The van der Waals surface area contributed by atoms with Crippen molar-refractivity contribution in [3.05, 3.63) is 105 Å². The van der Waals surface area contributed by atoms with Crippen LogP contribution in [-0.4, -0.2) is 31.1 Å². The fourth-order valence-electron chi connectivity index (χ4n) is 4.74. The number of carbonyl (C=O) groups is 1. The van der Waals surface area contributed by atoms with E-state index in [1.165, 1.54) is 0 Å². The number of carbonyl (C=O) groups excluding carboxylic acids is 1. The molecule has 36 heavy (non-hydrogen) atoms. The van der Waals surface area contributed by atoms with E-state index in [4.69, 9.17) is 13.9 Å². The number of fused-ring (bicyclic) bond motifs is 2. The smallest absolute Gasteiger partial charge is 0.290 e.